The number of halogens is 5. The minimum absolute atomic E-state index is 0. The largest absolute Gasteiger partial charge is 1.00 e. The molecule has 0 nitrogen and oxygen atoms in total. The second-order valence-corrected chi connectivity index (χ2v) is 19.2. The predicted molar refractivity (Wildman–Crippen MR) is 211 cm³/mol. The number of fused-ring (bicyclic) bond motifs is 3. The molecule has 5 aromatic carbocycles. The Morgan fingerprint density at radius 2 is 1.07 bits per heavy atom. The molecule has 5 aromatic rings. The summed E-state index contributed by atoms with van der Waals surface area (Å²) >= 11 is 1.09. The summed E-state index contributed by atoms with van der Waals surface area (Å²) in [4.78, 5) is 0. The number of benzene rings is 4. The van der Waals surface area contributed by atoms with Crippen LogP contribution >= 0.6 is 0 Å². The molecule has 6 heteroatoms. The Labute approximate surface area is 350 Å². The van der Waals surface area contributed by atoms with E-state index in [1.807, 2.05) is 60.7 Å². The maximum absolute atomic E-state index is 12.6. The van der Waals surface area contributed by atoms with Gasteiger partial charge in [-0.25, -0.2) is 12.1 Å². The standard InChI is InChI=1S/C29H41.C14H9F3.C5H5.2ClH.Zr/c1-26(2,3)22-14-18-13-19-15-23(27(4,5)6)25(29(10,11)12)17-21(19)20(18)16-24(22)28(7,8)9;15-14(16,17)13-8-4-7-12(10-13)9-11-5-2-1-3-6-11;1-2-4-5-3-1;;;/h14,16-17H,13H2,1-12H3;1-8,10H;1-5H;2*1H;/q-1;;-1;;;+2/p-2. The first-order chi connectivity index (χ1) is 23.9. The van der Waals surface area contributed by atoms with E-state index in [4.69, 9.17) is 0 Å². The Kier molecular flexibility index (Phi) is 15.9. The van der Waals surface area contributed by atoms with Gasteiger partial charge in [-0.2, -0.15) is 35.9 Å². The molecule has 1 aliphatic carbocycles. The van der Waals surface area contributed by atoms with E-state index in [-0.39, 0.29) is 46.5 Å². The minimum atomic E-state index is -4.29. The molecule has 0 spiro atoms. The topological polar surface area (TPSA) is 0 Å². The van der Waals surface area contributed by atoms with E-state index in [2.05, 4.69) is 107 Å². The van der Waals surface area contributed by atoms with E-state index < -0.39 is 11.7 Å². The first kappa shape index (κ1) is 47.5. The molecule has 0 aromatic heterocycles. The van der Waals surface area contributed by atoms with Gasteiger partial charge in [-0.15, -0.1) is 16.7 Å². The van der Waals surface area contributed by atoms with Crippen molar-refractivity contribution < 1.29 is 62.2 Å². The number of alkyl halides is 3. The molecule has 0 saturated heterocycles. The zero-order chi connectivity index (χ0) is 38.9. The summed E-state index contributed by atoms with van der Waals surface area (Å²) in [6.45, 7) is 28.0. The van der Waals surface area contributed by atoms with E-state index in [1.165, 1.54) is 56.6 Å². The Bertz CT molecular complexity index is 1880. The van der Waals surface area contributed by atoms with Gasteiger partial charge in [-0.05, 0) is 39.4 Å². The predicted octanol–water partition coefficient (Wildman–Crippen LogP) is 7.48. The molecule has 0 amide bonds. The van der Waals surface area contributed by atoms with E-state index >= 15 is 0 Å². The Morgan fingerprint density at radius 1 is 0.574 bits per heavy atom. The number of hydrogen-bond donors (Lipinski definition) is 0. The molecule has 0 heterocycles. The van der Waals surface area contributed by atoms with Gasteiger partial charge in [0.05, 0.1) is 0 Å². The van der Waals surface area contributed by atoms with Gasteiger partial charge in [0.1, 0.15) is 0 Å². The summed E-state index contributed by atoms with van der Waals surface area (Å²) in [5.41, 5.74) is 12.9. The van der Waals surface area contributed by atoms with Gasteiger partial charge in [-0.3, -0.25) is 0 Å². The van der Waals surface area contributed by atoms with Crippen LogP contribution in [-0.4, -0.2) is 3.21 Å². The Balaban J connectivity index is 0.000000343. The zero-order valence-corrected chi connectivity index (χ0v) is 37.9. The minimum Gasteiger partial charge on any atom is -1.00 e. The summed E-state index contributed by atoms with van der Waals surface area (Å²) in [7, 11) is 0. The molecule has 0 unspecified atom stereocenters. The molecular formula is C48H55Cl2F3Zr-2. The van der Waals surface area contributed by atoms with Crippen LogP contribution < -0.4 is 24.8 Å². The molecule has 6 rings (SSSR count). The van der Waals surface area contributed by atoms with Gasteiger partial charge in [0.2, 0.25) is 0 Å². The van der Waals surface area contributed by atoms with Crippen molar-refractivity contribution >= 4 is 3.21 Å². The van der Waals surface area contributed by atoms with Crippen molar-refractivity contribution in [2.45, 2.75) is 117 Å². The first-order valence-corrected chi connectivity index (χ1v) is 19.4. The smallest absolute Gasteiger partial charge is 0.172 e. The van der Waals surface area contributed by atoms with Crippen molar-refractivity contribution in [1.29, 1.82) is 0 Å². The normalized spacial score (nSPS) is 12.5. The van der Waals surface area contributed by atoms with Crippen LogP contribution in [0.15, 0.2) is 103 Å². The Hall–Kier alpha value is -2.65. The van der Waals surface area contributed by atoms with Crippen LogP contribution in [-0.2, 0) is 58.5 Å². The number of hydrogen-bond acceptors (Lipinski definition) is 0. The summed E-state index contributed by atoms with van der Waals surface area (Å²) in [6.07, 6.45) is -3.28. The first-order valence-electron chi connectivity index (χ1n) is 18.2. The summed E-state index contributed by atoms with van der Waals surface area (Å²) < 4.78 is 38.8. The van der Waals surface area contributed by atoms with Crippen molar-refractivity contribution in [2.24, 2.45) is 0 Å². The van der Waals surface area contributed by atoms with Crippen LogP contribution in [0.3, 0.4) is 0 Å². The third-order valence-electron chi connectivity index (χ3n) is 9.33. The quantitative estimate of drug-likeness (QED) is 0.159. The monoisotopic (exact) mass is 848 g/mol. The molecule has 0 N–H and O–H groups in total. The third-order valence-corrected chi connectivity index (χ3v) is 10.7. The summed E-state index contributed by atoms with van der Waals surface area (Å²) in [5, 5.41) is 0. The maximum atomic E-state index is 12.6. The van der Waals surface area contributed by atoms with Crippen LogP contribution in [0.4, 0.5) is 13.2 Å². The average Bonchev–Trinajstić information content (AvgIpc) is 3.74. The van der Waals surface area contributed by atoms with Crippen LogP contribution in [0.1, 0.15) is 133 Å². The molecule has 0 bridgehead atoms. The van der Waals surface area contributed by atoms with Crippen molar-refractivity contribution in [3.8, 4) is 11.1 Å². The van der Waals surface area contributed by atoms with E-state index in [0.29, 0.717) is 5.56 Å². The fourth-order valence-electron chi connectivity index (χ4n) is 6.57. The summed E-state index contributed by atoms with van der Waals surface area (Å²) in [5.74, 6) is 0. The third kappa shape index (κ3) is 11.9. The van der Waals surface area contributed by atoms with Gasteiger partial charge in [0.25, 0.3) is 0 Å². The maximum Gasteiger partial charge on any atom is -0.172 e. The molecule has 0 aliphatic heterocycles. The Morgan fingerprint density at radius 3 is 1.54 bits per heavy atom. The van der Waals surface area contributed by atoms with Crippen molar-refractivity contribution in [3.05, 3.63) is 159 Å². The van der Waals surface area contributed by atoms with Gasteiger partial charge in [0, 0.05) is 0 Å². The molecule has 288 valence electrons. The fourth-order valence-corrected chi connectivity index (χ4v) is 7.36. The zero-order valence-electron chi connectivity index (χ0n) is 33.9. The molecular weight excluding hydrogens is 796 g/mol. The second kappa shape index (κ2) is 18.1. The second-order valence-electron chi connectivity index (χ2n) is 18.0. The fraction of sp³-hybridized carbons (Fsp3) is 0.375. The van der Waals surface area contributed by atoms with Gasteiger partial charge in [0.15, 0.2) is 0 Å². The molecule has 54 heavy (non-hydrogen) atoms. The van der Waals surface area contributed by atoms with E-state index in [0.717, 1.165) is 45.5 Å². The molecule has 0 fully saturated rings. The molecule has 1 aliphatic rings. The van der Waals surface area contributed by atoms with Crippen molar-refractivity contribution in [1.82, 2.24) is 0 Å². The van der Waals surface area contributed by atoms with E-state index in [9.17, 15) is 13.2 Å². The average molecular weight is 851 g/mol. The van der Waals surface area contributed by atoms with Crippen LogP contribution in [0.5, 0.6) is 0 Å². The van der Waals surface area contributed by atoms with Crippen molar-refractivity contribution in [2.75, 3.05) is 0 Å². The SMILES string of the molecule is CC(C)(C)c1[c-]c2c(cc1C(C)(C)C)-c1cc(C(C)(C)C)c(C(C)(C)C)cc1C2.FC(F)(F)c1cccc([C](=[Zr+2])c2ccccc2)c1.[Cl-].[Cl-].c1cc[cH-]c1. The molecule has 0 radical (unpaired) electrons. The molecule has 0 saturated carbocycles. The summed E-state index contributed by atoms with van der Waals surface area (Å²) in [6, 6.07) is 36.3. The van der Waals surface area contributed by atoms with E-state index in [1.54, 1.807) is 6.07 Å². The van der Waals surface area contributed by atoms with Crippen LogP contribution in [0.25, 0.3) is 11.1 Å². The number of rotatable bonds is 2. The van der Waals surface area contributed by atoms with Crippen molar-refractivity contribution in [3.63, 3.8) is 0 Å². The van der Waals surface area contributed by atoms with Gasteiger partial charge in [-0.1, -0.05) is 106 Å². The van der Waals surface area contributed by atoms with Gasteiger partial charge >= 0.3 is 118 Å². The van der Waals surface area contributed by atoms with Crippen LogP contribution in [0, 0.1) is 6.07 Å². The van der Waals surface area contributed by atoms with Crippen LogP contribution in [0.2, 0.25) is 0 Å². The molecule has 0 atom stereocenters. The van der Waals surface area contributed by atoms with Gasteiger partial charge < -0.3 is 24.8 Å².